The summed E-state index contributed by atoms with van der Waals surface area (Å²) in [4.78, 5) is 22.1. The summed E-state index contributed by atoms with van der Waals surface area (Å²) in [5.41, 5.74) is 1.08. The van der Waals surface area contributed by atoms with Crippen LogP contribution in [0.5, 0.6) is 0 Å². The highest BCUT2D eigenvalue weighted by Crippen LogP contribution is 2.25. The monoisotopic (exact) mass is 184 g/mol. The normalized spacial score (nSPS) is 9.83. The molecule has 4 heteroatoms. The standard InChI is InChI=1S/C8H8O3S/c1-4-5(2)12-7(8(10)11)6(4)3-9/h3H,1-2H3,(H,10,11). The molecule has 0 aromatic carbocycles. The minimum Gasteiger partial charge on any atom is -0.477 e. The van der Waals surface area contributed by atoms with Crippen LogP contribution in [0.1, 0.15) is 30.5 Å². The van der Waals surface area contributed by atoms with Crippen molar-refractivity contribution in [3.8, 4) is 0 Å². The number of aldehydes is 1. The van der Waals surface area contributed by atoms with Gasteiger partial charge in [0, 0.05) is 10.4 Å². The van der Waals surface area contributed by atoms with Gasteiger partial charge in [0.2, 0.25) is 0 Å². The number of hydrogen-bond acceptors (Lipinski definition) is 3. The first-order valence-corrected chi connectivity index (χ1v) is 4.18. The van der Waals surface area contributed by atoms with Crippen molar-refractivity contribution in [2.45, 2.75) is 13.8 Å². The van der Waals surface area contributed by atoms with Crippen LogP contribution in [0.25, 0.3) is 0 Å². The molecular formula is C8H8O3S. The molecule has 1 heterocycles. The molecule has 0 unspecified atom stereocenters. The third kappa shape index (κ3) is 1.25. The summed E-state index contributed by atoms with van der Waals surface area (Å²) in [5, 5.41) is 8.69. The van der Waals surface area contributed by atoms with Crippen molar-refractivity contribution in [2.75, 3.05) is 0 Å². The molecule has 1 N–H and O–H groups in total. The predicted octanol–water partition coefficient (Wildman–Crippen LogP) is 1.88. The maximum Gasteiger partial charge on any atom is 0.346 e. The average Bonchev–Trinajstić information content (AvgIpc) is 2.29. The lowest BCUT2D eigenvalue weighted by Crippen LogP contribution is -1.97. The van der Waals surface area contributed by atoms with Crippen LogP contribution in [0.3, 0.4) is 0 Å². The van der Waals surface area contributed by atoms with Gasteiger partial charge in [0.1, 0.15) is 4.88 Å². The van der Waals surface area contributed by atoms with Crippen LogP contribution in [-0.4, -0.2) is 17.4 Å². The molecule has 3 nitrogen and oxygen atoms in total. The summed E-state index contributed by atoms with van der Waals surface area (Å²) in [6.45, 7) is 3.56. The molecule has 0 saturated carbocycles. The number of carboxylic acid groups (broad SMARTS) is 1. The zero-order chi connectivity index (χ0) is 9.30. The van der Waals surface area contributed by atoms with Gasteiger partial charge in [-0.15, -0.1) is 11.3 Å². The number of thiophene rings is 1. The fourth-order valence-electron chi connectivity index (χ4n) is 0.945. The van der Waals surface area contributed by atoms with Gasteiger partial charge in [0.25, 0.3) is 0 Å². The van der Waals surface area contributed by atoms with E-state index in [2.05, 4.69) is 0 Å². The molecule has 0 aliphatic heterocycles. The third-order valence-electron chi connectivity index (χ3n) is 1.74. The first-order chi connectivity index (χ1) is 5.57. The Balaban J connectivity index is 3.39. The number of carbonyl (C=O) groups excluding carboxylic acids is 1. The summed E-state index contributed by atoms with van der Waals surface area (Å²) in [6.07, 6.45) is 0.599. The van der Waals surface area contributed by atoms with Gasteiger partial charge in [-0.05, 0) is 19.4 Å². The Bertz CT molecular complexity index is 338. The fourth-order valence-corrected chi connectivity index (χ4v) is 1.91. The van der Waals surface area contributed by atoms with Crippen molar-refractivity contribution in [1.29, 1.82) is 0 Å². The maximum absolute atomic E-state index is 10.6. The highest BCUT2D eigenvalue weighted by molar-refractivity contribution is 7.14. The van der Waals surface area contributed by atoms with Gasteiger partial charge < -0.3 is 5.11 Å². The Morgan fingerprint density at radius 1 is 1.50 bits per heavy atom. The van der Waals surface area contributed by atoms with E-state index >= 15 is 0 Å². The molecule has 1 rings (SSSR count). The predicted molar refractivity (Wildman–Crippen MR) is 46.1 cm³/mol. The van der Waals surface area contributed by atoms with E-state index in [-0.39, 0.29) is 4.88 Å². The zero-order valence-electron chi connectivity index (χ0n) is 6.75. The summed E-state index contributed by atoms with van der Waals surface area (Å²) >= 11 is 1.14. The van der Waals surface area contributed by atoms with Crippen LogP contribution in [0.15, 0.2) is 0 Å². The number of aryl methyl sites for hydroxylation is 1. The number of carbonyl (C=O) groups is 2. The highest BCUT2D eigenvalue weighted by atomic mass is 32.1. The Morgan fingerprint density at radius 3 is 2.42 bits per heavy atom. The Kier molecular flexibility index (Phi) is 2.28. The quantitative estimate of drug-likeness (QED) is 0.714. The van der Waals surface area contributed by atoms with Crippen LogP contribution in [-0.2, 0) is 0 Å². The van der Waals surface area contributed by atoms with Crippen molar-refractivity contribution in [3.05, 3.63) is 20.9 Å². The lowest BCUT2D eigenvalue weighted by Gasteiger charge is -1.89. The van der Waals surface area contributed by atoms with E-state index in [1.54, 1.807) is 13.8 Å². The molecule has 0 aliphatic carbocycles. The Hall–Kier alpha value is -1.16. The molecule has 64 valence electrons. The van der Waals surface area contributed by atoms with E-state index < -0.39 is 5.97 Å². The van der Waals surface area contributed by atoms with Crippen LogP contribution in [0, 0.1) is 13.8 Å². The van der Waals surface area contributed by atoms with E-state index in [0.29, 0.717) is 11.8 Å². The average molecular weight is 184 g/mol. The topological polar surface area (TPSA) is 54.4 Å². The van der Waals surface area contributed by atoms with E-state index in [9.17, 15) is 9.59 Å². The molecule has 0 bridgehead atoms. The van der Waals surface area contributed by atoms with Crippen molar-refractivity contribution < 1.29 is 14.7 Å². The molecule has 0 radical (unpaired) electrons. The van der Waals surface area contributed by atoms with Crippen LogP contribution < -0.4 is 0 Å². The molecule has 1 aromatic heterocycles. The molecule has 0 saturated heterocycles. The van der Waals surface area contributed by atoms with Gasteiger partial charge in [-0.2, -0.15) is 0 Å². The molecule has 0 spiro atoms. The van der Waals surface area contributed by atoms with Crippen molar-refractivity contribution in [2.24, 2.45) is 0 Å². The van der Waals surface area contributed by atoms with Gasteiger partial charge >= 0.3 is 5.97 Å². The van der Waals surface area contributed by atoms with Crippen molar-refractivity contribution in [3.63, 3.8) is 0 Å². The summed E-state index contributed by atoms with van der Waals surface area (Å²) in [6, 6.07) is 0. The van der Waals surface area contributed by atoms with Gasteiger partial charge in [0.15, 0.2) is 6.29 Å². The smallest absolute Gasteiger partial charge is 0.346 e. The van der Waals surface area contributed by atoms with E-state index in [4.69, 9.17) is 5.11 Å². The molecule has 1 aromatic rings. The number of hydrogen-bond donors (Lipinski definition) is 1. The number of aromatic carboxylic acids is 1. The van der Waals surface area contributed by atoms with Gasteiger partial charge in [-0.3, -0.25) is 4.79 Å². The van der Waals surface area contributed by atoms with Crippen LogP contribution in [0.4, 0.5) is 0 Å². The molecule has 0 aliphatic rings. The molecule has 0 amide bonds. The van der Waals surface area contributed by atoms with E-state index in [1.807, 2.05) is 0 Å². The SMILES string of the molecule is Cc1sc(C(=O)O)c(C=O)c1C. The highest BCUT2D eigenvalue weighted by Gasteiger charge is 2.16. The van der Waals surface area contributed by atoms with E-state index in [1.165, 1.54) is 0 Å². The number of rotatable bonds is 2. The summed E-state index contributed by atoms with van der Waals surface area (Å²) < 4.78 is 0. The number of carboxylic acids is 1. The van der Waals surface area contributed by atoms with Crippen LogP contribution in [0.2, 0.25) is 0 Å². The van der Waals surface area contributed by atoms with Gasteiger partial charge in [-0.1, -0.05) is 0 Å². The second kappa shape index (κ2) is 3.06. The van der Waals surface area contributed by atoms with Gasteiger partial charge in [0.05, 0.1) is 0 Å². The van der Waals surface area contributed by atoms with Crippen molar-refractivity contribution >= 4 is 23.6 Å². The lowest BCUT2D eigenvalue weighted by atomic mass is 10.1. The lowest BCUT2D eigenvalue weighted by molar-refractivity contribution is 0.0699. The third-order valence-corrected chi connectivity index (χ3v) is 2.96. The van der Waals surface area contributed by atoms with E-state index in [0.717, 1.165) is 21.8 Å². The Labute approximate surface area is 73.6 Å². The van der Waals surface area contributed by atoms with Gasteiger partial charge in [-0.25, -0.2) is 4.79 Å². The Morgan fingerprint density at radius 2 is 2.08 bits per heavy atom. The largest absolute Gasteiger partial charge is 0.477 e. The second-order valence-corrected chi connectivity index (χ2v) is 3.67. The molecule has 0 fully saturated rings. The summed E-state index contributed by atoms with van der Waals surface area (Å²) in [7, 11) is 0. The molecule has 12 heavy (non-hydrogen) atoms. The molecule has 0 atom stereocenters. The zero-order valence-corrected chi connectivity index (χ0v) is 7.57. The second-order valence-electron chi connectivity index (χ2n) is 2.45. The van der Waals surface area contributed by atoms with Crippen LogP contribution >= 0.6 is 11.3 Å². The minimum absolute atomic E-state index is 0.139. The first kappa shape index (κ1) is 8.93. The fraction of sp³-hybridized carbons (Fsp3) is 0.250. The van der Waals surface area contributed by atoms with Crippen molar-refractivity contribution in [1.82, 2.24) is 0 Å². The first-order valence-electron chi connectivity index (χ1n) is 3.36. The summed E-state index contributed by atoms with van der Waals surface area (Å²) in [5.74, 6) is -1.03. The minimum atomic E-state index is -1.03. The molecular weight excluding hydrogens is 176 g/mol. The maximum atomic E-state index is 10.6.